The van der Waals surface area contributed by atoms with Crippen LogP contribution in [0.25, 0.3) is 0 Å². The number of hydrogen-bond acceptors (Lipinski definition) is 4. The van der Waals surface area contributed by atoms with Crippen LogP contribution in [0, 0.1) is 6.92 Å². The summed E-state index contributed by atoms with van der Waals surface area (Å²) in [6.07, 6.45) is 0.866. The highest BCUT2D eigenvalue weighted by atomic mass is 35.5. The number of carbonyl (C=O) groups is 1. The molecule has 0 saturated carbocycles. The maximum atomic E-state index is 12.2. The Hall–Kier alpha value is -2.21. The van der Waals surface area contributed by atoms with Gasteiger partial charge in [-0.2, -0.15) is 5.10 Å². The smallest absolute Gasteiger partial charge is 0.272 e. The molecule has 122 valence electrons. The Morgan fingerprint density at radius 1 is 1.48 bits per heavy atom. The third-order valence-electron chi connectivity index (χ3n) is 3.94. The summed E-state index contributed by atoms with van der Waals surface area (Å²) in [5.74, 6) is 0.628. The van der Waals surface area contributed by atoms with Crippen LogP contribution in [0.2, 0.25) is 5.02 Å². The molecule has 0 spiro atoms. The van der Waals surface area contributed by atoms with Crippen LogP contribution in [0.3, 0.4) is 0 Å². The quantitative estimate of drug-likeness (QED) is 0.900. The van der Waals surface area contributed by atoms with Crippen molar-refractivity contribution >= 4 is 23.2 Å². The molecule has 1 fully saturated rings. The van der Waals surface area contributed by atoms with Gasteiger partial charge in [-0.05, 0) is 37.6 Å². The standard InChI is InChI=1S/C16H19ClN4O2/c1-10-7-13(20-19-10)16(22)18-12-5-6-21(9-12)14-8-11(17)3-4-15(14)23-2/h3-4,7-8,12H,5-6,9H2,1-2H3,(H,18,22)(H,19,20). The van der Waals surface area contributed by atoms with E-state index in [1.807, 2.05) is 19.1 Å². The first-order valence-corrected chi connectivity index (χ1v) is 7.86. The number of carbonyl (C=O) groups excluding carboxylic acids is 1. The van der Waals surface area contributed by atoms with Gasteiger partial charge in [0.15, 0.2) is 0 Å². The predicted molar refractivity (Wildman–Crippen MR) is 89.4 cm³/mol. The number of rotatable bonds is 4. The molecule has 23 heavy (non-hydrogen) atoms. The number of aromatic nitrogens is 2. The minimum Gasteiger partial charge on any atom is -0.495 e. The van der Waals surface area contributed by atoms with Crippen molar-refractivity contribution in [2.45, 2.75) is 19.4 Å². The first-order valence-electron chi connectivity index (χ1n) is 7.48. The molecule has 0 bridgehead atoms. The summed E-state index contributed by atoms with van der Waals surface area (Å²) in [4.78, 5) is 14.3. The van der Waals surface area contributed by atoms with E-state index in [0.717, 1.165) is 30.1 Å². The van der Waals surface area contributed by atoms with E-state index >= 15 is 0 Å². The highest BCUT2D eigenvalue weighted by Gasteiger charge is 2.26. The largest absolute Gasteiger partial charge is 0.495 e. The molecule has 7 heteroatoms. The monoisotopic (exact) mass is 334 g/mol. The van der Waals surface area contributed by atoms with Gasteiger partial charge >= 0.3 is 0 Å². The van der Waals surface area contributed by atoms with E-state index in [1.165, 1.54) is 0 Å². The fraction of sp³-hybridized carbons (Fsp3) is 0.375. The zero-order chi connectivity index (χ0) is 16.4. The van der Waals surface area contributed by atoms with Crippen molar-refractivity contribution in [2.75, 3.05) is 25.1 Å². The molecule has 1 aliphatic heterocycles. The molecule has 2 aromatic rings. The Morgan fingerprint density at radius 3 is 3.00 bits per heavy atom. The molecule has 6 nitrogen and oxygen atoms in total. The van der Waals surface area contributed by atoms with E-state index in [2.05, 4.69) is 20.4 Å². The number of nitrogens with one attached hydrogen (secondary N) is 2. The van der Waals surface area contributed by atoms with Crippen LogP contribution >= 0.6 is 11.6 Å². The molecule has 2 N–H and O–H groups in total. The number of aryl methyl sites for hydroxylation is 1. The summed E-state index contributed by atoms with van der Waals surface area (Å²) in [5.41, 5.74) is 2.24. The Morgan fingerprint density at radius 2 is 2.30 bits per heavy atom. The number of hydrogen-bond donors (Lipinski definition) is 2. The van der Waals surface area contributed by atoms with Crippen molar-refractivity contribution in [1.29, 1.82) is 0 Å². The number of halogens is 1. The van der Waals surface area contributed by atoms with E-state index in [9.17, 15) is 4.79 Å². The highest BCUT2D eigenvalue weighted by Crippen LogP contribution is 2.33. The van der Waals surface area contributed by atoms with Crippen LogP contribution in [0.15, 0.2) is 24.3 Å². The predicted octanol–water partition coefficient (Wildman–Crippen LogP) is 2.39. The number of methoxy groups -OCH3 is 1. The lowest BCUT2D eigenvalue weighted by molar-refractivity contribution is 0.0935. The molecule has 2 heterocycles. The summed E-state index contributed by atoms with van der Waals surface area (Å²) >= 11 is 6.09. The molecule has 0 radical (unpaired) electrons. The van der Waals surface area contributed by atoms with Crippen molar-refractivity contribution in [3.8, 4) is 5.75 Å². The lowest BCUT2D eigenvalue weighted by atomic mass is 10.2. The molecular weight excluding hydrogens is 316 g/mol. The van der Waals surface area contributed by atoms with Crippen molar-refractivity contribution in [3.05, 3.63) is 40.7 Å². The van der Waals surface area contributed by atoms with Crippen molar-refractivity contribution < 1.29 is 9.53 Å². The minimum absolute atomic E-state index is 0.0724. The molecular formula is C16H19ClN4O2. The summed E-state index contributed by atoms with van der Waals surface area (Å²) < 4.78 is 5.40. The highest BCUT2D eigenvalue weighted by molar-refractivity contribution is 6.30. The number of amides is 1. The molecule has 1 amide bonds. The Labute approximate surface area is 139 Å². The maximum Gasteiger partial charge on any atom is 0.272 e. The second kappa shape index (κ2) is 6.50. The fourth-order valence-electron chi connectivity index (χ4n) is 2.80. The Balaban J connectivity index is 1.67. The normalized spacial score (nSPS) is 17.3. The molecule has 1 aromatic carbocycles. The number of nitrogens with zero attached hydrogens (tertiary/aromatic N) is 2. The SMILES string of the molecule is COc1ccc(Cl)cc1N1CCC(NC(=O)c2cc(C)[nH]n2)C1. The summed E-state index contributed by atoms with van der Waals surface area (Å²) in [6, 6.07) is 7.36. The van der Waals surface area contributed by atoms with Gasteiger partial charge in [-0.1, -0.05) is 11.6 Å². The van der Waals surface area contributed by atoms with E-state index in [-0.39, 0.29) is 11.9 Å². The zero-order valence-electron chi connectivity index (χ0n) is 13.1. The first kappa shape index (κ1) is 15.7. The second-order valence-electron chi connectivity index (χ2n) is 5.66. The number of aromatic amines is 1. The van der Waals surface area contributed by atoms with Gasteiger partial charge in [0.2, 0.25) is 0 Å². The maximum absolute atomic E-state index is 12.2. The van der Waals surface area contributed by atoms with E-state index < -0.39 is 0 Å². The summed E-state index contributed by atoms with van der Waals surface area (Å²) in [7, 11) is 1.64. The van der Waals surface area contributed by atoms with E-state index in [4.69, 9.17) is 16.3 Å². The van der Waals surface area contributed by atoms with Gasteiger partial charge < -0.3 is 15.0 Å². The molecule has 1 unspecified atom stereocenters. The lowest BCUT2D eigenvalue weighted by Gasteiger charge is -2.21. The first-order chi connectivity index (χ1) is 11.1. The zero-order valence-corrected chi connectivity index (χ0v) is 13.9. The van der Waals surface area contributed by atoms with Crippen LogP contribution in [-0.4, -0.2) is 42.3 Å². The average Bonchev–Trinajstić information content (AvgIpc) is 3.16. The number of ether oxygens (including phenoxy) is 1. The number of anilines is 1. The molecule has 1 atom stereocenters. The topological polar surface area (TPSA) is 70.2 Å². The number of benzene rings is 1. The minimum atomic E-state index is -0.153. The summed E-state index contributed by atoms with van der Waals surface area (Å²) in [5, 5.41) is 10.5. The Kier molecular flexibility index (Phi) is 4.43. The molecule has 1 saturated heterocycles. The molecule has 1 aromatic heterocycles. The third kappa shape index (κ3) is 3.42. The van der Waals surface area contributed by atoms with Gasteiger partial charge in [-0.15, -0.1) is 0 Å². The fourth-order valence-corrected chi connectivity index (χ4v) is 2.97. The third-order valence-corrected chi connectivity index (χ3v) is 4.18. The van der Waals surface area contributed by atoms with Crippen molar-refractivity contribution in [2.24, 2.45) is 0 Å². The van der Waals surface area contributed by atoms with Crippen molar-refractivity contribution in [3.63, 3.8) is 0 Å². The van der Waals surface area contributed by atoms with Crippen LogP contribution in [0.1, 0.15) is 22.6 Å². The van der Waals surface area contributed by atoms with Gasteiger partial charge in [0, 0.05) is 29.8 Å². The lowest BCUT2D eigenvalue weighted by Crippen LogP contribution is -2.37. The van der Waals surface area contributed by atoms with Gasteiger partial charge in [-0.25, -0.2) is 0 Å². The average molecular weight is 335 g/mol. The van der Waals surface area contributed by atoms with E-state index in [0.29, 0.717) is 17.3 Å². The van der Waals surface area contributed by atoms with Crippen LogP contribution in [0.4, 0.5) is 5.69 Å². The van der Waals surface area contributed by atoms with Gasteiger partial charge in [0.1, 0.15) is 11.4 Å². The van der Waals surface area contributed by atoms with Gasteiger partial charge in [0.25, 0.3) is 5.91 Å². The molecule has 3 rings (SSSR count). The molecule has 1 aliphatic rings. The van der Waals surface area contributed by atoms with Crippen LogP contribution < -0.4 is 15.0 Å². The van der Waals surface area contributed by atoms with Crippen LogP contribution in [0.5, 0.6) is 5.75 Å². The molecule has 0 aliphatic carbocycles. The summed E-state index contributed by atoms with van der Waals surface area (Å²) in [6.45, 7) is 3.42. The van der Waals surface area contributed by atoms with Crippen LogP contribution in [-0.2, 0) is 0 Å². The second-order valence-corrected chi connectivity index (χ2v) is 6.09. The Bertz CT molecular complexity index is 716. The van der Waals surface area contributed by atoms with Gasteiger partial charge in [-0.3, -0.25) is 9.89 Å². The number of H-pyrrole nitrogens is 1. The van der Waals surface area contributed by atoms with E-state index in [1.54, 1.807) is 19.2 Å². The van der Waals surface area contributed by atoms with Crippen molar-refractivity contribution in [1.82, 2.24) is 15.5 Å². The van der Waals surface area contributed by atoms with Gasteiger partial charge in [0.05, 0.1) is 12.8 Å².